The molecule has 0 aliphatic carbocycles. The molecule has 104 valence electrons. The van der Waals surface area contributed by atoms with Gasteiger partial charge in [0.1, 0.15) is 5.69 Å². The molecule has 7 nitrogen and oxygen atoms in total. The van der Waals surface area contributed by atoms with Gasteiger partial charge in [-0.25, -0.2) is 4.68 Å². The van der Waals surface area contributed by atoms with Crippen molar-refractivity contribution >= 4 is 11.5 Å². The zero-order valence-corrected chi connectivity index (χ0v) is 11.1. The van der Waals surface area contributed by atoms with Gasteiger partial charge in [0.2, 0.25) is 5.82 Å². The van der Waals surface area contributed by atoms with E-state index in [1.807, 2.05) is 6.92 Å². The lowest BCUT2D eigenvalue weighted by Crippen LogP contribution is -2.31. The maximum absolute atomic E-state index is 11.2. The molecule has 19 heavy (non-hydrogen) atoms. The molecule has 3 rings (SSSR count). The van der Waals surface area contributed by atoms with E-state index in [1.54, 1.807) is 11.7 Å². The van der Waals surface area contributed by atoms with E-state index in [4.69, 9.17) is 4.74 Å². The minimum atomic E-state index is -0.345. The van der Waals surface area contributed by atoms with Gasteiger partial charge in [-0.2, -0.15) is 5.10 Å². The van der Waals surface area contributed by atoms with E-state index >= 15 is 0 Å². The van der Waals surface area contributed by atoms with Crippen LogP contribution in [0.2, 0.25) is 0 Å². The molecule has 2 fully saturated rings. The Labute approximate surface area is 111 Å². The molecule has 7 heteroatoms. The van der Waals surface area contributed by atoms with Crippen molar-refractivity contribution in [2.24, 2.45) is 7.05 Å². The summed E-state index contributed by atoms with van der Waals surface area (Å²) in [5.41, 5.74) is 0.631. The maximum Gasteiger partial charge on any atom is 0.333 e. The van der Waals surface area contributed by atoms with E-state index in [0.717, 1.165) is 19.3 Å². The largest absolute Gasteiger partial charge is 0.373 e. The van der Waals surface area contributed by atoms with Crippen molar-refractivity contribution in [2.75, 3.05) is 5.32 Å². The third-order valence-corrected chi connectivity index (χ3v) is 4.04. The highest BCUT2D eigenvalue weighted by molar-refractivity contribution is 5.60. The van der Waals surface area contributed by atoms with E-state index in [9.17, 15) is 10.1 Å². The molecular weight excluding hydrogens is 248 g/mol. The highest BCUT2D eigenvalue weighted by Gasteiger charge is 2.42. The summed E-state index contributed by atoms with van der Waals surface area (Å²) in [7, 11) is 1.74. The number of anilines is 1. The lowest BCUT2D eigenvalue weighted by Gasteiger charge is -2.20. The van der Waals surface area contributed by atoms with Crippen LogP contribution in [0.4, 0.5) is 11.5 Å². The molecule has 0 amide bonds. The fourth-order valence-electron chi connectivity index (χ4n) is 3.13. The second-order valence-electron chi connectivity index (χ2n) is 5.24. The molecule has 0 radical (unpaired) electrons. The van der Waals surface area contributed by atoms with E-state index in [1.165, 1.54) is 0 Å². The molecule has 3 heterocycles. The predicted octanol–water partition coefficient (Wildman–Crippen LogP) is 1.62. The van der Waals surface area contributed by atoms with Crippen molar-refractivity contribution < 1.29 is 9.66 Å². The molecule has 1 aromatic rings. The minimum Gasteiger partial charge on any atom is -0.373 e. The standard InChI is InChI=1S/C12H18N4O3/c1-3-8-11(16(17)18)12(15(2)14-8)13-9-6-7-4-5-10(9)19-7/h7,9-10,13H,3-6H2,1-2H3. The van der Waals surface area contributed by atoms with Crippen LogP contribution in [-0.4, -0.2) is 33.0 Å². The van der Waals surface area contributed by atoms with Gasteiger partial charge in [0.05, 0.1) is 23.2 Å². The number of rotatable bonds is 4. The Hall–Kier alpha value is -1.63. The molecule has 2 bridgehead atoms. The number of hydrogen-bond donors (Lipinski definition) is 1. The van der Waals surface area contributed by atoms with Crippen LogP contribution in [0.3, 0.4) is 0 Å². The Balaban J connectivity index is 1.88. The molecular formula is C12H18N4O3. The normalized spacial score (nSPS) is 28.8. The predicted molar refractivity (Wildman–Crippen MR) is 69.2 cm³/mol. The second kappa shape index (κ2) is 4.48. The number of nitro groups is 1. The molecule has 2 aliphatic heterocycles. The van der Waals surface area contributed by atoms with Crippen molar-refractivity contribution in [1.29, 1.82) is 0 Å². The van der Waals surface area contributed by atoms with E-state index in [2.05, 4.69) is 10.4 Å². The van der Waals surface area contributed by atoms with Crippen molar-refractivity contribution in [1.82, 2.24) is 9.78 Å². The first-order chi connectivity index (χ1) is 9.10. The summed E-state index contributed by atoms with van der Waals surface area (Å²) in [5, 5.41) is 18.7. The number of nitrogens with zero attached hydrogens (tertiary/aromatic N) is 3. The Morgan fingerprint density at radius 3 is 2.89 bits per heavy atom. The van der Waals surface area contributed by atoms with E-state index in [-0.39, 0.29) is 22.8 Å². The average molecular weight is 266 g/mol. The molecule has 0 spiro atoms. The number of fused-ring (bicyclic) bond motifs is 2. The van der Waals surface area contributed by atoms with Crippen LogP contribution >= 0.6 is 0 Å². The summed E-state index contributed by atoms with van der Waals surface area (Å²) < 4.78 is 7.34. The van der Waals surface area contributed by atoms with E-state index < -0.39 is 0 Å². The molecule has 0 saturated carbocycles. The topological polar surface area (TPSA) is 82.2 Å². The van der Waals surface area contributed by atoms with E-state index in [0.29, 0.717) is 24.0 Å². The Bertz CT molecular complexity index is 513. The highest BCUT2D eigenvalue weighted by atomic mass is 16.6. The fraction of sp³-hybridized carbons (Fsp3) is 0.750. The van der Waals surface area contributed by atoms with Gasteiger partial charge in [-0.15, -0.1) is 0 Å². The maximum atomic E-state index is 11.2. The molecule has 3 unspecified atom stereocenters. The van der Waals surface area contributed by atoms with Gasteiger partial charge in [-0.05, 0) is 25.7 Å². The zero-order valence-electron chi connectivity index (χ0n) is 11.1. The van der Waals surface area contributed by atoms with Crippen LogP contribution in [0, 0.1) is 10.1 Å². The lowest BCUT2D eigenvalue weighted by atomic mass is 9.95. The van der Waals surface area contributed by atoms with Gasteiger partial charge in [0.25, 0.3) is 0 Å². The van der Waals surface area contributed by atoms with Crippen molar-refractivity contribution in [3.8, 4) is 0 Å². The van der Waals surface area contributed by atoms with Gasteiger partial charge in [-0.3, -0.25) is 10.1 Å². The van der Waals surface area contributed by atoms with Gasteiger partial charge < -0.3 is 10.1 Å². The van der Waals surface area contributed by atoms with Crippen molar-refractivity contribution in [3.63, 3.8) is 0 Å². The molecule has 3 atom stereocenters. The smallest absolute Gasteiger partial charge is 0.333 e. The first kappa shape index (κ1) is 12.4. The third kappa shape index (κ3) is 1.98. The summed E-state index contributed by atoms with van der Waals surface area (Å²) in [6, 6.07) is 0.164. The number of hydrogen-bond acceptors (Lipinski definition) is 5. The number of ether oxygens (including phenoxy) is 1. The molecule has 1 N–H and O–H groups in total. The quantitative estimate of drug-likeness (QED) is 0.661. The summed E-state index contributed by atoms with van der Waals surface area (Å²) in [6.07, 6.45) is 4.13. The Kier molecular flexibility index (Phi) is 2.93. The zero-order chi connectivity index (χ0) is 13.6. The number of nitrogens with one attached hydrogen (secondary N) is 1. The van der Waals surface area contributed by atoms with Crippen LogP contribution in [0.5, 0.6) is 0 Å². The minimum absolute atomic E-state index is 0.104. The summed E-state index contributed by atoms with van der Waals surface area (Å²) >= 11 is 0. The summed E-state index contributed by atoms with van der Waals surface area (Å²) in [6.45, 7) is 1.87. The lowest BCUT2D eigenvalue weighted by molar-refractivity contribution is -0.384. The third-order valence-electron chi connectivity index (χ3n) is 4.04. The van der Waals surface area contributed by atoms with Crippen LogP contribution in [0.25, 0.3) is 0 Å². The molecule has 2 saturated heterocycles. The van der Waals surface area contributed by atoms with Gasteiger partial charge >= 0.3 is 5.69 Å². The van der Waals surface area contributed by atoms with Crippen LogP contribution in [0.15, 0.2) is 0 Å². The number of aryl methyl sites for hydroxylation is 2. The average Bonchev–Trinajstić information content (AvgIpc) is 3.04. The van der Waals surface area contributed by atoms with Gasteiger partial charge in [-0.1, -0.05) is 6.92 Å². The SMILES string of the molecule is CCc1nn(C)c(NC2CC3CCC2O3)c1[N+](=O)[O-]. The first-order valence-electron chi connectivity index (χ1n) is 6.72. The Morgan fingerprint density at radius 2 is 2.37 bits per heavy atom. The second-order valence-corrected chi connectivity index (χ2v) is 5.24. The molecule has 2 aliphatic rings. The van der Waals surface area contributed by atoms with Crippen LogP contribution in [0.1, 0.15) is 31.9 Å². The van der Waals surface area contributed by atoms with Gasteiger partial charge in [0, 0.05) is 7.05 Å². The summed E-state index contributed by atoms with van der Waals surface area (Å²) in [4.78, 5) is 10.9. The summed E-state index contributed by atoms with van der Waals surface area (Å²) in [5.74, 6) is 0.503. The van der Waals surface area contributed by atoms with Crippen LogP contribution in [-0.2, 0) is 18.2 Å². The number of aromatic nitrogens is 2. The van der Waals surface area contributed by atoms with Crippen molar-refractivity contribution in [2.45, 2.75) is 50.9 Å². The van der Waals surface area contributed by atoms with Crippen molar-refractivity contribution in [3.05, 3.63) is 15.8 Å². The Morgan fingerprint density at radius 1 is 1.58 bits per heavy atom. The van der Waals surface area contributed by atoms with Crippen LogP contribution < -0.4 is 5.32 Å². The fourth-order valence-corrected chi connectivity index (χ4v) is 3.13. The first-order valence-corrected chi connectivity index (χ1v) is 6.72. The highest BCUT2D eigenvalue weighted by Crippen LogP contribution is 2.38. The molecule has 1 aromatic heterocycles. The molecule has 0 aromatic carbocycles. The monoisotopic (exact) mass is 266 g/mol. The van der Waals surface area contributed by atoms with Gasteiger partial charge in [0.15, 0.2) is 0 Å².